The maximum Gasteiger partial charge on any atom is 0.0304 e. The van der Waals surface area contributed by atoms with Gasteiger partial charge in [-0.25, -0.2) is 0 Å². The maximum atomic E-state index is 3.69. The molecule has 1 atom stereocenters. The fourth-order valence-corrected chi connectivity index (χ4v) is 2.83. The van der Waals surface area contributed by atoms with Crippen molar-refractivity contribution in [3.63, 3.8) is 0 Å². The highest BCUT2D eigenvalue weighted by Crippen LogP contribution is 2.34. The fraction of sp³-hybridized carbons (Fsp3) is 0.692. The van der Waals surface area contributed by atoms with Crippen molar-refractivity contribution >= 4 is 11.3 Å². The van der Waals surface area contributed by atoms with Gasteiger partial charge in [-0.15, -0.1) is 11.3 Å². The first-order chi connectivity index (χ1) is 7.29. The Hall–Kier alpha value is -0.340. The summed E-state index contributed by atoms with van der Waals surface area (Å²) in [6.07, 6.45) is 5.59. The molecule has 1 N–H and O–H groups in total. The molecule has 2 rings (SSSR count). The summed E-state index contributed by atoms with van der Waals surface area (Å²) >= 11 is 1.87. The average molecular weight is 223 g/mol. The second-order valence-corrected chi connectivity index (χ2v) is 5.69. The van der Waals surface area contributed by atoms with Gasteiger partial charge in [0, 0.05) is 17.5 Å². The van der Waals surface area contributed by atoms with Gasteiger partial charge in [0.05, 0.1) is 0 Å². The van der Waals surface area contributed by atoms with Crippen LogP contribution in [0.2, 0.25) is 0 Å². The van der Waals surface area contributed by atoms with Crippen LogP contribution in [0.3, 0.4) is 0 Å². The Morgan fingerprint density at radius 3 is 2.87 bits per heavy atom. The molecule has 0 saturated heterocycles. The standard InChI is InChI=1S/C13H21NS/c1-3-12(8-11-4-5-11)14-9-13-10(2)6-7-15-13/h6-7,11-12,14H,3-5,8-9H2,1-2H3. The Morgan fingerprint density at radius 1 is 1.53 bits per heavy atom. The predicted octanol–water partition coefficient (Wildman–Crippen LogP) is 3.72. The van der Waals surface area contributed by atoms with Crippen molar-refractivity contribution < 1.29 is 0 Å². The van der Waals surface area contributed by atoms with Gasteiger partial charge in [-0.1, -0.05) is 19.8 Å². The normalized spacial score (nSPS) is 18.0. The Labute approximate surface area is 96.9 Å². The van der Waals surface area contributed by atoms with Gasteiger partial charge in [0.25, 0.3) is 0 Å². The molecular formula is C13H21NS. The number of nitrogens with one attached hydrogen (secondary N) is 1. The molecule has 0 radical (unpaired) electrons. The molecule has 0 amide bonds. The van der Waals surface area contributed by atoms with Gasteiger partial charge in [-0.05, 0) is 42.7 Å². The molecule has 1 nitrogen and oxygen atoms in total. The van der Waals surface area contributed by atoms with E-state index in [1.165, 1.54) is 36.1 Å². The fourth-order valence-electron chi connectivity index (χ4n) is 1.97. The molecule has 2 heteroatoms. The number of hydrogen-bond donors (Lipinski definition) is 1. The Morgan fingerprint density at radius 2 is 2.33 bits per heavy atom. The molecular weight excluding hydrogens is 202 g/mol. The first-order valence-electron chi connectivity index (χ1n) is 6.06. The molecule has 84 valence electrons. The summed E-state index contributed by atoms with van der Waals surface area (Å²) in [6.45, 7) is 5.56. The minimum atomic E-state index is 0.735. The smallest absolute Gasteiger partial charge is 0.0304 e. The van der Waals surface area contributed by atoms with Crippen molar-refractivity contribution in [2.45, 2.75) is 52.1 Å². The van der Waals surface area contributed by atoms with Gasteiger partial charge in [-0.3, -0.25) is 0 Å². The molecule has 0 aromatic carbocycles. The molecule has 1 unspecified atom stereocenters. The highest BCUT2D eigenvalue weighted by atomic mass is 32.1. The molecule has 1 aromatic rings. The van der Waals surface area contributed by atoms with Crippen LogP contribution in [-0.4, -0.2) is 6.04 Å². The minimum absolute atomic E-state index is 0.735. The van der Waals surface area contributed by atoms with E-state index in [2.05, 4.69) is 30.6 Å². The molecule has 1 aliphatic carbocycles. The highest BCUT2D eigenvalue weighted by molar-refractivity contribution is 7.10. The van der Waals surface area contributed by atoms with E-state index in [9.17, 15) is 0 Å². The van der Waals surface area contributed by atoms with Crippen LogP contribution in [-0.2, 0) is 6.54 Å². The van der Waals surface area contributed by atoms with E-state index in [4.69, 9.17) is 0 Å². The van der Waals surface area contributed by atoms with Crippen molar-refractivity contribution in [3.05, 3.63) is 21.9 Å². The van der Waals surface area contributed by atoms with Gasteiger partial charge < -0.3 is 5.32 Å². The van der Waals surface area contributed by atoms with Crippen molar-refractivity contribution in [1.29, 1.82) is 0 Å². The maximum absolute atomic E-state index is 3.69. The summed E-state index contributed by atoms with van der Waals surface area (Å²) in [7, 11) is 0. The number of thiophene rings is 1. The molecule has 0 aliphatic heterocycles. The van der Waals surface area contributed by atoms with Gasteiger partial charge >= 0.3 is 0 Å². The zero-order valence-electron chi connectivity index (χ0n) is 9.75. The molecule has 15 heavy (non-hydrogen) atoms. The van der Waals surface area contributed by atoms with Crippen LogP contribution in [0, 0.1) is 12.8 Å². The van der Waals surface area contributed by atoms with Crippen molar-refractivity contribution in [3.8, 4) is 0 Å². The van der Waals surface area contributed by atoms with Gasteiger partial charge in [0.1, 0.15) is 0 Å². The summed E-state index contributed by atoms with van der Waals surface area (Å²) in [5.41, 5.74) is 1.44. The van der Waals surface area contributed by atoms with E-state index in [0.717, 1.165) is 18.5 Å². The third-order valence-electron chi connectivity index (χ3n) is 3.33. The second kappa shape index (κ2) is 5.13. The van der Waals surface area contributed by atoms with E-state index in [1.807, 2.05) is 11.3 Å². The lowest BCUT2D eigenvalue weighted by Gasteiger charge is -2.16. The lowest BCUT2D eigenvalue weighted by molar-refractivity contribution is 0.446. The van der Waals surface area contributed by atoms with Gasteiger partial charge in [-0.2, -0.15) is 0 Å². The summed E-state index contributed by atoms with van der Waals surface area (Å²) in [4.78, 5) is 1.50. The van der Waals surface area contributed by atoms with Crippen LogP contribution in [0.5, 0.6) is 0 Å². The van der Waals surface area contributed by atoms with Crippen LogP contribution >= 0.6 is 11.3 Å². The number of hydrogen-bond acceptors (Lipinski definition) is 2. The van der Waals surface area contributed by atoms with E-state index >= 15 is 0 Å². The van der Waals surface area contributed by atoms with E-state index in [-0.39, 0.29) is 0 Å². The summed E-state index contributed by atoms with van der Waals surface area (Å²) in [5, 5.41) is 5.88. The first-order valence-corrected chi connectivity index (χ1v) is 6.94. The van der Waals surface area contributed by atoms with Gasteiger partial charge in [0.15, 0.2) is 0 Å². The topological polar surface area (TPSA) is 12.0 Å². The van der Waals surface area contributed by atoms with Crippen LogP contribution in [0.4, 0.5) is 0 Å². The SMILES string of the molecule is CCC(CC1CC1)NCc1sccc1C. The molecule has 1 fully saturated rings. The third-order valence-corrected chi connectivity index (χ3v) is 4.35. The van der Waals surface area contributed by atoms with E-state index < -0.39 is 0 Å². The number of rotatable bonds is 6. The lowest BCUT2D eigenvalue weighted by atomic mass is 10.1. The molecule has 1 aliphatic rings. The molecule has 1 aromatic heterocycles. The average Bonchev–Trinajstić information content (AvgIpc) is 2.96. The molecule has 0 bridgehead atoms. The van der Waals surface area contributed by atoms with Crippen molar-refractivity contribution in [2.24, 2.45) is 5.92 Å². The van der Waals surface area contributed by atoms with Crippen molar-refractivity contribution in [2.75, 3.05) is 0 Å². The monoisotopic (exact) mass is 223 g/mol. The first kappa shape index (κ1) is 11.2. The highest BCUT2D eigenvalue weighted by Gasteiger charge is 2.24. The van der Waals surface area contributed by atoms with Crippen LogP contribution in [0.1, 0.15) is 43.0 Å². The quantitative estimate of drug-likeness (QED) is 0.775. The Kier molecular flexibility index (Phi) is 3.81. The zero-order chi connectivity index (χ0) is 10.7. The van der Waals surface area contributed by atoms with Crippen LogP contribution in [0.15, 0.2) is 11.4 Å². The van der Waals surface area contributed by atoms with Crippen LogP contribution < -0.4 is 5.32 Å². The third kappa shape index (κ3) is 3.32. The summed E-state index contributed by atoms with van der Waals surface area (Å²) in [6, 6.07) is 2.95. The predicted molar refractivity (Wildman–Crippen MR) is 67.3 cm³/mol. The summed E-state index contributed by atoms with van der Waals surface area (Å²) in [5.74, 6) is 1.03. The molecule has 1 heterocycles. The molecule has 0 spiro atoms. The Balaban J connectivity index is 1.77. The van der Waals surface area contributed by atoms with E-state index in [1.54, 1.807) is 0 Å². The molecule has 1 saturated carbocycles. The zero-order valence-corrected chi connectivity index (χ0v) is 10.6. The van der Waals surface area contributed by atoms with E-state index in [0.29, 0.717) is 0 Å². The van der Waals surface area contributed by atoms with Gasteiger partial charge in [0.2, 0.25) is 0 Å². The Bertz CT molecular complexity index is 301. The summed E-state index contributed by atoms with van der Waals surface area (Å²) < 4.78 is 0. The van der Waals surface area contributed by atoms with Crippen molar-refractivity contribution in [1.82, 2.24) is 5.32 Å². The lowest BCUT2D eigenvalue weighted by Crippen LogP contribution is -2.28. The van der Waals surface area contributed by atoms with Crippen LogP contribution in [0.25, 0.3) is 0 Å². The second-order valence-electron chi connectivity index (χ2n) is 4.69. The number of aryl methyl sites for hydroxylation is 1. The minimum Gasteiger partial charge on any atom is -0.309 e. The largest absolute Gasteiger partial charge is 0.309 e.